The van der Waals surface area contributed by atoms with Gasteiger partial charge in [0.15, 0.2) is 0 Å². The Morgan fingerprint density at radius 3 is 2.60 bits per heavy atom. The minimum Gasteiger partial charge on any atom is -0.314 e. The molecule has 0 aliphatic carbocycles. The number of rotatable bonds is 4. The van der Waals surface area contributed by atoms with E-state index in [-0.39, 0.29) is 10.9 Å². The van der Waals surface area contributed by atoms with Crippen LogP contribution < -0.4 is 5.32 Å². The summed E-state index contributed by atoms with van der Waals surface area (Å²) in [6.45, 7) is 5.93. The number of hydrogen-bond donors (Lipinski definition) is 1. The van der Waals surface area contributed by atoms with Crippen LogP contribution in [0, 0.1) is 11.7 Å². The molecule has 0 bridgehead atoms. The van der Waals surface area contributed by atoms with Crippen molar-refractivity contribution < 1.29 is 12.8 Å². The Kier molecular flexibility index (Phi) is 4.78. The molecular formula is C14H21FN2O2S. The second-order valence-electron chi connectivity index (χ2n) is 5.56. The predicted molar refractivity (Wildman–Crippen MR) is 76.4 cm³/mol. The molecular weight excluding hydrogens is 279 g/mol. The van der Waals surface area contributed by atoms with Gasteiger partial charge in [0.1, 0.15) is 5.82 Å². The highest BCUT2D eigenvalue weighted by molar-refractivity contribution is 7.89. The zero-order chi connectivity index (χ0) is 14.8. The average molecular weight is 300 g/mol. The maximum Gasteiger partial charge on any atom is 0.243 e. The van der Waals surface area contributed by atoms with Gasteiger partial charge in [-0.25, -0.2) is 12.8 Å². The van der Waals surface area contributed by atoms with Crippen LogP contribution in [0.1, 0.15) is 20.3 Å². The van der Waals surface area contributed by atoms with Crippen LogP contribution in [0.25, 0.3) is 0 Å². The molecule has 0 amide bonds. The van der Waals surface area contributed by atoms with Crippen LogP contribution in [0.4, 0.5) is 4.39 Å². The number of hydrogen-bond acceptors (Lipinski definition) is 3. The van der Waals surface area contributed by atoms with Gasteiger partial charge in [-0.1, -0.05) is 13.8 Å². The summed E-state index contributed by atoms with van der Waals surface area (Å²) in [4.78, 5) is 0.162. The number of sulfonamides is 1. The second-order valence-corrected chi connectivity index (χ2v) is 7.45. The highest BCUT2D eigenvalue weighted by Gasteiger charge is 2.33. The Morgan fingerprint density at radius 1 is 1.35 bits per heavy atom. The molecule has 1 heterocycles. The molecule has 0 spiro atoms. The standard InChI is InChI=1S/C14H21FN2O2S/c1-11(2)9-13-10-16-7-8-17(13)20(18,19)14-5-3-12(15)4-6-14/h3-6,11,13,16H,7-10H2,1-2H3. The van der Waals surface area contributed by atoms with E-state index in [2.05, 4.69) is 19.2 Å². The van der Waals surface area contributed by atoms with Gasteiger partial charge in [-0.2, -0.15) is 4.31 Å². The summed E-state index contributed by atoms with van der Waals surface area (Å²) in [5.41, 5.74) is 0. The Bertz CT molecular complexity index is 543. The van der Waals surface area contributed by atoms with Gasteiger partial charge in [-0.3, -0.25) is 0 Å². The van der Waals surface area contributed by atoms with Crippen molar-refractivity contribution in [1.82, 2.24) is 9.62 Å². The average Bonchev–Trinajstić information content (AvgIpc) is 2.39. The number of nitrogens with one attached hydrogen (secondary N) is 1. The molecule has 1 aliphatic heterocycles. The van der Waals surface area contributed by atoms with Gasteiger partial charge in [0.2, 0.25) is 10.0 Å². The summed E-state index contributed by atoms with van der Waals surface area (Å²) in [5, 5.41) is 3.24. The fraction of sp³-hybridized carbons (Fsp3) is 0.571. The van der Waals surface area contributed by atoms with E-state index < -0.39 is 15.8 Å². The highest BCUT2D eigenvalue weighted by atomic mass is 32.2. The monoisotopic (exact) mass is 300 g/mol. The van der Waals surface area contributed by atoms with Crippen LogP contribution in [-0.2, 0) is 10.0 Å². The number of benzene rings is 1. The van der Waals surface area contributed by atoms with Crippen molar-refractivity contribution in [3.05, 3.63) is 30.1 Å². The first-order chi connectivity index (χ1) is 9.41. The van der Waals surface area contributed by atoms with Crippen LogP contribution in [0.15, 0.2) is 29.2 Å². The van der Waals surface area contributed by atoms with Crippen LogP contribution in [-0.4, -0.2) is 38.4 Å². The smallest absolute Gasteiger partial charge is 0.243 e. The zero-order valence-corrected chi connectivity index (χ0v) is 12.7. The molecule has 0 saturated carbocycles. The fourth-order valence-corrected chi connectivity index (χ4v) is 4.18. The summed E-state index contributed by atoms with van der Waals surface area (Å²) >= 11 is 0. The molecule has 1 N–H and O–H groups in total. The molecule has 20 heavy (non-hydrogen) atoms. The van der Waals surface area contributed by atoms with E-state index in [0.29, 0.717) is 25.6 Å². The fourth-order valence-electron chi connectivity index (χ4n) is 2.55. The topological polar surface area (TPSA) is 49.4 Å². The van der Waals surface area contributed by atoms with Gasteiger partial charge < -0.3 is 5.32 Å². The van der Waals surface area contributed by atoms with E-state index in [9.17, 15) is 12.8 Å². The van der Waals surface area contributed by atoms with Crippen molar-refractivity contribution in [2.24, 2.45) is 5.92 Å². The lowest BCUT2D eigenvalue weighted by Crippen LogP contribution is -2.53. The first kappa shape index (κ1) is 15.4. The first-order valence-corrected chi connectivity index (χ1v) is 8.33. The Morgan fingerprint density at radius 2 is 2.00 bits per heavy atom. The second kappa shape index (κ2) is 6.20. The van der Waals surface area contributed by atoms with Crippen molar-refractivity contribution in [3.63, 3.8) is 0 Å². The van der Waals surface area contributed by atoms with Gasteiger partial charge in [0, 0.05) is 25.7 Å². The van der Waals surface area contributed by atoms with Crippen LogP contribution in [0.2, 0.25) is 0 Å². The SMILES string of the molecule is CC(C)CC1CNCCN1S(=O)(=O)c1ccc(F)cc1. The number of piperazine rings is 1. The molecule has 1 unspecified atom stereocenters. The molecule has 1 saturated heterocycles. The molecule has 6 heteroatoms. The Balaban J connectivity index is 2.28. The minimum absolute atomic E-state index is 0.0428. The Hall–Kier alpha value is -0.980. The van der Waals surface area contributed by atoms with E-state index in [1.807, 2.05) is 0 Å². The maximum atomic E-state index is 12.9. The molecule has 0 aromatic heterocycles. The first-order valence-electron chi connectivity index (χ1n) is 6.89. The number of halogens is 1. The van der Waals surface area contributed by atoms with Gasteiger partial charge in [-0.05, 0) is 36.6 Å². The lowest BCUT2D eigenvalue weighted by molar-refractivity contribution is 0.237. The van der Waals surface area contributed by atoms with E-state index in [0.717, 1.165) is 6.42 Å². The normalized spacial score (nSPS) is 21.3. The summed E-state index contributed by atoms with van der Waals surface area (Å²) in [7, 11) is -3.55. The van der Waals surface area contributed by atoms with Crippen LogP contribution >= 0.6 is 0 Å². The van der Waals surface area contributed by atoms with Crippen molar-refractivity contribution >= 4 is 10.0 Å². The van der Waals surface area contributed by atoms with E-state index in [1.54, 1.807) is 4.31 Å². The largest absolute Gasteiger partial charge is 0.314 e. The molecule has 1 atom stereocenters. The van der Waals surface area contributed by atoms with Gasteiger partial charge in [0.25, 0.3) is 0 Å². The molecule has 1 aromatic carbocycles. The minimum atomic E-state index is -3.55. The molecule has 112 valence electrons. The zero-order valence-electron chi connectivity index (χ0n) is 11.8. The van der Waals surface area contributed by atoms with E-state index in [4.69, 9.17) is 0 Å². The lowest BCUT2D eigenvalue weighted by atomic mass is 10.0. The lowest BCUT2D eigenvalue weighted by Gasteiger charge is -2.36. The predicted octanol–water partition coefficient (Wildman–Crippen LogP) is 1.83. The third-order valence-electron chi connectivity index (χ3n) is 3.46. The maximum absolute atomic E-state index is 12.9. The molecule has 2 rings (SSSR count). The third-order valence-corrected chi connectivity index (χ3v) is 5.43. The third kappa shape index (κ3) is 3.37. The molecule has 1 fully saturated rings. The number of nitrogens with zero attached hydrogens (tertiary/aromatic N) is 1. The summed E-state index contributed by atoms with van der Waals surface area (Å²) in [6, 6.07) is 5.00. The highest BCUT2D eigenvalue weighted by Crippen LogP contribution is 2.23. The molecule has 1 aromatic rings. The van der Waals surface area contributed by atoms with Gasteiger partial charge in [0.05, 0.1) is 4.90 Å². The Labute approximate surface area is 120 Å². The van der Waals surface area contributed by atoms with Gasteiger partial charge >= 0.3 is 0 Å². The van der Waals surface area contributed by atoms with E-state index in [1.165, 1.54) is 24.3 Å². The van der Waals surface area contributed by atoms with Crippen molar-refractivity contribution in [2.45, 2.75) is 31.2 Å². The summed E-state index contributed by atoms with van der Waals surface area (Å²) < 4.78 is 39.8. The van der Waals surface area contributed by atoms with Crippen LogP contribution in [0.5, 0.6) is 0 Å². The molecule has 0 radical (unpaired) electrons. The van der Waals surface area contributed by atoms with Crippen LogP contribution in [0.3, 0.4) is 0 Å². The van der Waals surface area contributed by atoms with E-state index >= 15 is 0 Å². The summed E-state index contributed by atoms with van der Waals surface area (Å²) in [6.07, 6.45) is 0.813. The van der Waals surface area contributed by atoms with Gasteiger partial charge in [-0.15, -0.1) is 0 Å². The molecule has 4 nitrogen and oxygen atoms in total. The quantitative estimate of drug-likeness (QED) is 0.923. The van der Waals surface area contributed by atoms with Crippen molar-refractivity contribution in [3.8, 4) is 0 Å². The molecule has 1 aliphatic rings. The summed E-state index contributed by atoms with van der Waals surface area (Å²) in [5.74, 6) is -0.00573. The van der Waals surface area contributed by atoms with Crippen molar-refractivity contribution in [1.29, 1.82) is 0 Å². The van der Waals surface area contributed by atoms with Crippen molar-refractivity contribution in [2.75, 3.05) is 19.6 Å².